The monoisotopic (exact) mass is 287 g/mol. The van der Waals surface area contributed by atoms with Gasteiger partial charge in [-0.2, -0.15) is 0 Å². The Morgan fingerprint density at radius 1 is 1.38 bits per heavy atom. The van der Waals surface area contributed by atoms with Gasteiger partial charge in [0.1, 0.15) is 11.5 Å². The number of rotatable bonds is 1. The molecule has 1 amide bonds. The maximum atomic E-state index is 12.6. The molecule has 2 aromatic rings. The molecule has 0 bridgehead atoms. The molecule has 0 spiro atoms. The molecule has 6 heteroatoms. The van der Waals surface area contributed by atoms with Crippen molar-refractivity contribution in [2.24, 2.45) is 7.05 Å². The van der Waals surface area contributed by atoms with Gasteiger partial charge in [0.15, 0.2) is 0 Å². The third kappa shape index (κ3) is 2.26. The summed E-state index contributed by atoms with van der Waals surface area (Å²) in [7, 11) is 1.69. The van der Waals surface area contributed by atoms with Crippen LogP contribution in [0.2, 0.25) is 0 Å². The van der Waals surface area contributed by atoms with E-state index in [9.17, 15) is 9.59 Å². The van der Waals surface area contributed by atoms with E-state index in [4.69, 9.17) is 4.42 Å². The van der Waals surface area contributed by atoms with Crippen LogP contribution < -0.4 is 5.56 Å². The summed E-state index contributed by atoms with van der Waals surface area (Å²) in [6, 6.07) is 1.75. The van der Waals surface area contributed by atoms with E-state index in [-0.39, 0.29) is 11.5 Å². The zero-order valence-corrected chi connectivity index (χ0v) is 12.3. The first kappa shape index (κ1) is 13.6. The molecule has 2 aromatic heterocycles. The lowest BCUT2D eigenvalue weighted by molar-refractivity contribution is 0.0729. The van der Waals surface area contributed by atoms with E-state index in [2.05, 4.69) is 4.98 Å². The van der Waals surface area contributed by atoms with Crippen molar-refractivity contribution in [2.75, 3.05) is 6.54 Å². The van der Waals surface area contributed by atoms with E-state index in [0.717, 1.165) is 5.76 Å². The van der Waals surface area contributed by atoms with Crippen LogP contribution >= 0.6 is 0 Å². The third-order valence-electron chi connectivity index (χ3n) is 3.84. The quantitative estimate of drug-likeness (QED) is 0.790. The number of aryl methyl sites for hydroxylation is 3. The minimum atomic E-state index is -0.0718. The van der Waals surface area contributed by atoms with Gasteiger partial charge in [-0.15, -0.1) is 0 Å². The van der Waals surface area contributed by atoms with Crippen LogP contribution in [-0.4, -0.2) is 26.9 Å². The summed E-state index contributed by atoms with van der Waals surface area (Å²) < 4.78 is 6.89. The Bertz CT molecular complexity index is 773. The Morgan fingerprint density at radius 2 is 2.14 bits per heavy atom. The van der Waals surface area contributed by atoms with Gasteiger partial charge in [-0.3, -0.25) is 9.59 Å². The molecule has 0 N–H and O–H groups in total. The average Bonchev–Trinajstić information content (AvgIpc) is 2.80. The molecular formula is C15H17N3O3. The molecule has 0 unspecified atom stereocenters. The molecule has 1 aliphatic heterocycles. The number of amides is 1. The standard InChI is InChI=1S/C15H17N3O3/c1-9-6-12(10(2)21-9)15(20)18-5-4-11-13(7-18)16-8-17(3)14(11)19/h6,8H,4-5,7H2,1-3H3. The lowest BCUT2D eigenvalue weighted by Gasteiger charge is -2.27. The summed E-state index contributed by atoms with van der Waals surface area (Å²) in [5, 5.41) is 0. The van der Waals surface area contributed by atoms with Crippen LogP contribution in [0.4, 0.5) is 0 Å². The van der Waals surface area contributed by atoms with Crippen molar-refractivity contribution in [1.29, 1.82) is 0 Å². The first-order valence-corrected chi connectivity index (χ1v) is 6.87. The Labute approximate surface area is 122 Å². The first-order chi connectivity index (χ1) is 9.97. The largest absolute Gasteiger partial charge is 0.466 e. The fourth-order valence-corrected chi connectivity index (χ4v) is 2.70. The molecule has 0 saturated heterocycles. The number of aromatic nitrogens is 2. The van der Waals surface area contributed by atoms with Crippen LogP contribution in [-0.2, 0) is 20.0 Å². The van der Waals surface area contributed by atoms with E-state index in [1.165, 1.54) is 10.9 Å². The highest BCUT2D eigenvalue weighted by Gasteiger charge is 2.26. The summed E-state index contributed by atoms with van der Waals surface area (Å²) in [6.07, 6.45) is 2.04. The van der Waals surface area contributed by atoms with E-state index >= 15 is 0 Å². The van der Waals surface area contributed by atoms with Crippen LogP contribution in [0.25, 0.3) is 0 Å². The topological polar surface area (TPSA) is 68.3 Å². The van der Waals surface area contributed by atoms with Crippen molar-refractivity contribution < 1.29 is 9.21 Å². The number of fused-ring (bicyclic) bond motifs is 1. The van der Waals surface area contributed by atoms with Crippen molar-refractivity contribution in [3.8, 4) is 0 Å². The summed E-state index contributed by atoms with van der Waals surface area (Å²) in [4.78, 5) is 30.6. The van der Waals surface area contributed by atoms with Crippen molar-refractivity contribution in [1.82, 2.24) is 14.5 Å². The normalized spacial score (nSPS) is 14.1. The lowest BCUT2D eigenvalue weighted by atomic mass is 10.1. The van der Waals surface area contributed by atoms with Crippen LogP contribution in [0.15, 0.2) is 21.6 Å². The fraction of sp³-hybridized carbons (Fsp3) is 0.400. The predicted molar refractivity (Wildman–Crippen MR) is 76.1 cm³/mol. The van der Waals surface area contributed by atoms with Gasteiger partial charge in [-0.1, -0.05) is 0 Å². The SMILES string of the molecule is Cc1cc(C(=O)N2CCc3c(ncn(C)c3=O)C2)c(C)o1. The average molecular weight is 287 g/mol. The van der Waals surface area contributed by atoms with Gasteiger partial charge in [0, 0.05) is 19.2 Å². The van der Waals surface area contributed by atoms with Crippen molar-refractivity contribution in [3.63, 3.8) is 0 Å². The summed E-state index contributed by atoms with van der Waals surface area (Å²) >= 11 is 0. The zero-order valence-electron chi connectivity index (χ0n) is 12.3. The van der Waals surface area contributed by atoms with Crippen LogP contribution in [0.3, 0.4) is 0 Å². The molecule has 0 aliphatic carbocycles. The maximum absolute atomic E-state index is 12.6. The highest BCUT2D eigenvalue weighted by atomic mass is 16.3. The van der Waals surface area contributed by atoms with Gasteiger partial charge in [-0.25, -0.2) is 4.98 Å². The summed E-state index contributed by atoms with van der Waals surface area (Å²) in [6.45, 7) is 4.50. The third-order valence-corrected chi connectivity index (χ3v) is 3.84. The maximum Gasteiger partial charge on any atom is 0.257 e. The van der Waals surface area contributed by atoms with Crippen molar-refractivity contribution in [3.05, 3.63) is 51.1 Å². The van der Waals surface area contributed by atoms with E-state index in [1.807, 2.05) is 6.92 Å². The van der Waals surface area contributed by atoms with Crippen LogP contribution in [0.1, 0.15) is 33.1 Å². The molecule has 3 rings (SSSR count). The van der Waals surface area contributed by atoms with Gasteiger partial charge >= 0.3 is 0 Å². The molecule has 21 heavy (non-hydrogen) atoms. The predicted octanol–water partition coefficient (Wildman–Crippen LogP) is 1.19. The van der Waals surface area contributed by atoms with Gasteiger partial charge in [0.25, 0.3) is 11.5 Å². The van der Waals surface area contributed by atoms with Crippen LogP contribution in [0.5, 0.6) is 0 Å². The van der Waals surface area contributed by atoms with Crippen LogP contribution in [0, 0.1) is 13.8 Å². The van der Waals surface area contributed by atoms with Crippen molar-refractivity contribution in [2.45, 2.75) is 26.8 Å². The molecule has 0 atom stereocenters. The number of hydrogen-bond donors (Lipinski definition) is 0. The molecule has 0 radical (unpaired) electrons. The Hall–Kier alpha value is -2.37. The smallest absolute Gasteiger partial charge is 0.257 e. The number of furan rings is 1. The minimum Gasteiger partial charge on any atom is -0.466 e. The second kappa shape index (κ2) is 4.87. The molecule has 0 fully saturated rings. The minimum absolute atomic E-state index is 0.0255. The van der Waals surface area contributed by atoms with E-state index in [0.29, 0.717) is 42.1 Å². The Morgan fingerprint density at radius 3 is 2.81 bits per heavy atom. The molecule has 0 aromatic carbocycles. The highest BCUT2D eigenvalue weighted by Crippen LogP contribution is 2.20. The zero-order chi connectivity index (χ0) is 15.1. The van der Waals surface area contributed by atoms with Gasteiger partial charge < -0.3 is 13.9 Å². The molecule has 3 heterocycles. The second-order valence-electron chi connectivity index (χ2n) is 5.39. The first-order valence-electron chi connectivity index (χ1n) is 6.87. The molecule has 6 nitrogen and oxygen atoms in total. The summed E-state index contributed by atoms with van der Waals surface area (Å²) in [5.74, 6) is 1.28. The Balaban J connectivity index is 1.90. The van der Waals surface area contributed by atoms with Gasteiger partial charge in [0.05, 0.1) is 24.1 Å². The van der Waals surface area contributed by atoms with E-state index in [1.54, 1.807) is 24.9 Å². The lowest BCUT2D eigenvalue weighted by Crippen LogP contribution is -2.40. The van der Waals surface area contributed by atoms with Gasteiger partial charge in [0.2, 0.25) is 0 Å². The number of nitrogens with zero attached hydrogens (tertiary/aromatic N) is 3. The molecule has 0 saturated carbocycles. The van der Waals surface area contributed by atoms with E-state index < -0.39 is 0 Å². The molecule has 110 valence electrons. The second-order valence-corrected chi connectivity index (χ2v) is 5.39. The summed E-state index contributed by atoms with van der Waals surface area (Å²) in [5.41, 5.74) is 1.96. The number of hydrogen-bond acceptors (Lipinski definition) is 4. The molecular weight excluding hydrogens is 270 g/mol. The number of carbonyl (C=O) groups is 1. The van der Waals surface area contributed by atoms with Crippen molar-refractivity contribution >= 4 is 5.91 Å². The highest BCUT2D eigenvalue weighted by molar-refractivity contribution is 5.95. The number of carbonyl (C=O) groups excluding carboxylic acids is 1. The van der Waals surface area contributed by atoms with Gasteiger partial charge in [-0.05, 0) is 26.3 Å². The Kier molecular flexibility index (Phi) is 3.16. The fourth-order valence-electron chi connectivity index (χ4n) is 2.70. The molecule has 1 aliphatic rings.